The normalized spacial score (nSPS) is 20.9. The second-order valence-electron chi connectivity index (χ2n) is 6.23. The van der Waals surface area contributed by atoms with Gasteiger partial charge in [-0.2, -0.15) is 0 Å². The average Bonchev–Trinajstić information content (AvgIpc) is 3.03. The van der Waals surface area contributed by atoms with Crippen LogP contribution in [0.5, 0.6) is 0 Å². The highest BCUT2D eigenvalue weighted by atomic mass is 19.4. The first-order valence-corrected chi connectivity index (χ1v) is 8.20. The first-order valence-electron chi connectivity index (χ1n) is 8.20. The molecule has 0 aliphatic carbocycles. The Morgan fingerprint density at radius 1 is 1.41 bits per heavy atom. The molecule has 1 saturated heterocycles. The molecule has 2 aromatic rings. The highest BCUT2D eigenvalue weighted by Gasteiger charge is 2.46. The van der Waals surface area contributed by atoms with Gasteiger partial charge in [-0.3, -0.25) is 9.53 Å². The number of hydrogen-bond acceptors (Lipinski definition) is 7. The number of carbonyl (C=O) groups is 1. The molecule has 3 rings (SSSR count). The molecule has 2 aromatic heterocycles. The van der Waals surface area contributed by atoms with Crippen LogP contribution in [0.3, 0.4) is 0 Å². The fourth-order valence-corrected chi connectivity index (χ4v) is 2.76. The van der Waals surface area contributed by atoms with Crippen LogP contribution < -0.4 is 5.32 Å². The van der Waals surface area contributed by atoms with E-state index in [2.05, 4.69) is 25.0 Å². The molecule has 146 valence electrons. The van der Waals surface area contributed by atoms with Gasteiger partial charge in [0.05, 0.1) is 12.2 Å². The summed E-state index contributed by atoms with van der Waals surface area (Å²) in [5.41, 5.74) is 0.490. The van der Waals surface area contributed by atoms with Crippen LogP contribution in [0.25, 0.3) is 11.5 Å². The van der Waals surface area contributed by atoms with Gasteiger partial charge in [-0.15, -0.1) is 13.2 Å². The van der Waals surface area contributed by atoms with Crippen molar-refractivity contribution in [2.75, 3.05) is 11.9 Å². The molecule has 1 aliphatic rings. The van der Waals surface area contributed by atoms with E-state index < -0.39 is 24.6 Å². The van der Waals surface area contributed by atoms with E-state index in [1.807, 2.05) is 0 Å². The topological polar surface area (TPSA) is 93.4 Å². The summed E-state index contributed by atoms with van der Waals surface area (Å²) in [5.74, 6) is 0.982. The fourth-order valence-electron chi connectivity index (χ4n) is 2.76. The third-order valence-corrected chi connectivity index (χ3v) is 4.25. The molecule has 1 N–H and O–H groups in total. The van der Waals surface area contributed by atoms with Crippen LogP contribution in [0.1, 0.15) is 19.7 Å². The number of likely N-dealkylation sites (tertiary alicyclic amines) is 1. The molecule has 1 aliphatic heterocycles. The Kier molecular flexibility index (Phi) is 5.05. The zero-order chi connectivity index (χ0) is 19.8. The predicted octanol–water partition coefficient (Wildman–Crippen LogP) is 2.38. The maximum absolute atomic E-state index is 12.5. The number of amides is 1. The Morgan fingerprint density at radius 2 is 2.15 bits per heavy atom. The molecule has 0 bridgehead atoms. The number of anilines is 1. The van der Waals surface area contributed by atoms with E-state index in [-0.39, 0.29) is 12.5 Å². The lowest BCUT2D eigenvalue weighted by Crippen LogP contribution is -2.64. The summed E-state index contributed by atoms with van der Waals surface area (Å²) in [6, 6.07) is 0.235. The van der Waals surface area contributed by atoms with Gasteiger partial charge in [-0.05, 0) is 13.8 Å². The number of aromatic nitrogens is 3. The Balaban J connectivity index is 1.61. The molecular weight excluding hydrogens is 367 g/mol. The first-order chi connectivity index (χ1) is 12.6. The third-order valence-electron chi connectivity index (χ3n) is 4.25. The van der Waals surface area contributed by atoms with Gasteiger partial charge in [-0.1, -0.05) is 0 Å². The van der Waals surface area contributed by atoms with E-state index in [0.717, 1.165) is 0 Å². The monoisotopic (exact) mass is 385 g/mol. The smallest absolute Gasteiger partial charge is 0.439 e. The highest BCUT2D eigenvalue weighted by Crippen LogP contribution is 2.29. The second-order valence-corrected chi connectivity index (χ2v) is 6.23. The zero-order valence-electron chi connectivity index (χ0n) is 14.8. The van der Waals surface area contributed by atoms with Gasteiger partial charge in [0, 0.05) is 19.5 Å². The van der Waals surface area contributed by atoms with E-state index in [1.165, 1.54) is 24.3 Å². The summed E-state index contributed by atoms with van der Waals surface area (Å²) in [7, 11) is 0. The van der Waals surface area contributed by atoms with Crippen LogP contribution in [-0.2, 0) is 9.53 Å². The summed E-state index contributed by atoms with van der Waals surface area (Å²) in [6.07, 6.45) is -2.93. The van der Waals surface area contributed by atoms with Gasteiger partial charge in [-0.25, -0.2) is 15.0 Å². The minimum atomic E-state index is -4.71. The molecule has 8 nitrogen and oxygen atoms in total. The number of ether oxygens (including phenoxy) is 1. The third kappa shape index (κ3) is 4.35. The predicted molar refractivity (Wildman–Crippen MR) is 87.5 cm³/mol. The molecule has 11 heteroatoms. The quantitative estimate of drug-likeness (QED) is 0.845. The average molecular weight is 385 g/mol. The van der Waals surface area contributed by atoms with E-state index in [9.17, 15) is 18.0 Å². The van der Waals surface area contributed by atoms with Gasteiger partial charge < -0.3 is 14.6 Å². The molecule has 1 amide bonds. The number of carbonyl (C=O) groups excluding carboxylic acids is 1. The summed E-state index contributed by atoms with van der Waals surface area (Å²) in [5, 5.41) is 2.92. The molecule has 3 atom stereocenters. The van der Waals surface area contributed by atoms with Crippen LogP contribution in [-0.4, -0.2) is 56.9 Å². The Labute approximate surface area is 152 Å². The molecule has 0 spiro atoms. The zero-order valence-corrected chi connectivity index (χ0v) is 14.8. The van der Waals surface area contributed by atoms with Gasteiger partial charge in [0.25, 0.3) is 0 Å². The lowest BCUT2D eigenvalue weighted by atomic mass is 10.00. The van der Waals surface area contributed by atoms with Crippen LogP contribution >= 0.6 is 0 Å². The minimum absolute atomic E-state index is 0.113. The van der Waals surface area contributed by atoms with E-state index in [0.29, 0.717) is 23.2 Å². The van der Waals surface area contributed by atoms with Gasteiger partial charge >= 0.3 is 6.36 Å². The Morgan fingerprint density at radius 3 is 2.74 bits per heavy atom. The molecule has 0 saturated carbocycles. The molecular formula is C16H18F3N5O3. The first kappa shape index (κ1) is 19.1. The van der Waals surface area contributed by atoms with Crippen LogP contribution in [0.4, 0.5) is 19.0 Å². The molecule has 0 radical (unpaired) electrons. The van der Waals surface area contributed by atoms with E-state index in [4.69, 9.17) is 4.42 Å². The number of oxazole rings is 1. The maximum Gasteiger partial charge on any atom is 0.522 e. The standard InChI is InChI=1S/C16H18F3N5O3/c1-8(15(25)24-6-13(9(24)2)27-16(17,18)19)23-14-4-11(21-7-22-14)12-5-20-10(3)26-12/h4-5,7-9,13H,6H2,1-3H3,(H,21,22,23)/t8-,9+,13+/m1/s1. The summed E-state index contributed by atoms with van der Waals surface area (Å²) >= 11 is 0. The van der Waals surface area contributed by atoms with Crippen LogP contribution in [0.15, 0.2) is 23.0 Å². The van der Waals surface area contributed by atoms with Crippen molar-refractivity contribution in [2.24, 2.45) is 0 Å². The Bertz CT molecular complexity index is 826. The summed E-state index contributed by atoms with van der Waals surface area (Å²) in [6.45, 7) is 4.71. The van der Waals surface area contributed by atoms with Gasteiger partial charge in [0.2, 0.25) is 5.91 Å². The second kappa shape index (κ2) is 7.14. The number of halogens is 3. The lowest BCUT2D eigenvalue weighted by Gasteiger charge is -2.46. The molecule has 1 fully saturated rings. The molecule has 3 heterocycles. The Hall–Kier alpha value is -2.69. The maximum atomic E-state index is 12.5. The molecule has 0 aromatic carbocycles. The van der Waals surface area contributed by atoms with E-state index >= 15 is 0 Å². The summed E-state index contributed by atoms with van der Waals surface area (Å²) in [4.78, 5) is 25.9. The van der Waals surface area contributed by atoms with Gasteiger partial charge in [0.15, 0.2) is 11.7 Å². The van der Waals surface area contributed by atoms with Crippen molar-refractivity contribution in [3.63, 3.8) is 0 Å². The number of rotatable bonds is 5. The number of alkyl halides is 3. The minimum Gasteiger partial charge on any atom is -0.439 e. The van der Waals surface area contributed by atoms with Crippen molar-refractivity contribution < 1.29 is 27.1 Å². The van der Waals surface area contributed by atoms with Crippen molar-refractivity contribution in [1.82, 2.24) is 19.9 Å². The van der Waals surface area contributed by atoms with Crippen molar-refractivity contribution in [3.8, 4) is 11.5 Å². The van der Waals surface area contributed by atoms with Crippen LogP contribution in [0.2, 0.25) is 0 Å². The van der Waals surface area contributed by atoms with Crippen molar-refractivity contribution in [1.29, 1.82) is 0 Å². The van der Waals surface area contributed by atoms with E-state index in [1.54, 1.807) is 19.9 Å². The van der Waals surface area contributed by atoms with Crippen LogP contribution in [0, 0.1) is 6.92 Å². The molecule has 27 heavy (non-hydrogen) atoms. The van der Waals surface area contributed by atoms with Crippen molar-refractivity contribution >= 4 is 11.7 Å². The molecule has 0 unspecified atom stereocenters. The SMILES string of the molecule is Cc1ncc(-c2cc(N[C@H](C)C(=O)N3C[C@H](OC(F)(F)F)[C@@H]3C)ncn2)o1. The number of nitrogens with zero attached hydrogens (tertiary/aromatic N) is 4. The van der Waals surface area contributed by atoms with Gasteiger partial charge in [0.1, 0.15) is 30.0 Å². The number of hydrogen-bond donors (Lipinski definition) is 1. The summed E-state index contributed by atoms with van der Waals surface area (Å²) < 4.78 is 46.2. The number of nitrogens with one attached hydrogen (secondary N) is 1. The fraction of sp³-hybridized carbons (Fsp3) is 0.500. The highest BCUT2D eigenvalue weighted by molar-refractivity contribution is 5.85. The largest absolute Gasteiger partial charge is 0.522 e. The number of aryl methyl sites for hydroxylation is 1. The van der Waals surface area contributed by atoms with Crippen molar-refractivity contribution in [3.05, 3.63) is 24.5 Å². The lowest BCUT2D eigenvalue weighted by molar-refractivity contribution is -0.359. The van der Waals surface area contributed by atoms with Crippen molar-refractivity contribution in [2.45, 2.75) is 45.3 Å².